The second-order valence-corrected chi connectivity index (χ2v) is 5.03. The lowest BCUT2D eigenvalue weighted by atomic mass is 9.91. The number of fused-ring (bicyclic) bond motifs is 1. The van der Waals surface area contributed by atoms with Gasteiger partial charge in [-0.05, 0) is 36.2 Å². The number of halogens is 1. The van der Waals surface area contributed by atoms with Crippen LogP contribution in [0, 0.1) is 5.82 Å². The van der Waals surface area contributed by atoms with Crippen LogP contribution in [0.15, 0.2) is 59.0 Å². The van der Waals surface area contributed by atoms with Gasteiger partial charge in [0.15, 0.2) is 5.76 Å². The number of hydrogen-bond donors (Lipinski definition) is 0. The first kappa shape index (κ1) is 13.6. The quantitative estimate of drug-likeness (QED) is 0.634. The van der Waals surface area contributed by atoms with Crippen LogP contribution in [0.5, 0.6) is 0 Å². The number of Topliss-reactive ketones (excluding diaryl/α,β-unsaturated/α-hetero) is 1. The molecule has 0 aliphatic rings. The van der Waals surface area contributed by atoms with Crippen LogP contribution in [0.4, 0.5) is 4.39 Å². The summed E-state index contributed by atoms with van der Waals surface area (Å²) in [5, 5.41) is 0.612. The Bertz CT molecular complexity index is 774. The minimum Gasteiger partial charge on any atom is -0.453 e. The van der Waals surface area contributed by atoms with Crippen LogP contribution in [0.25, 0.3) is 11.0 Å². The van der Waals surface area contributed by atoms with Gasteiger partial charge >= 0.3 is 0 Å². The Morgan fingerprint density at radius 2 is 1.90 bits per heavy atom. The van der Waals surface area contributed by atoms with E-state index in [9.17, 15) is 9.18 Å². The molecule has 0 radical (unpaired) electrons. The molecule has 1 atom stereocenters. The summed E-state index contributed by atoms with van der Waals surface area (Å²) in [6.45, 7) is 1.97. The van der Waals surface area contributed by atoms with E-state index in [1.165, 1.54) is 12.1 Å². The predicted octanol–water partition coefficient (Wildman–Crippen LogP) is 4.95. The maximum Gasteiger partial charge on any atom is 0.205 e. The molecule has 2 aromatic carbocycles. The minimum absolute atomic E-state index is 0.0692. The molecule has 0 spiro atoms. The topological polar surface area (TPSA) is 30.2 Å². The summed E-state index contributed by atoms with van der Waals surface area (Å²) in [6, 6.07) is 15.5. The van der Waals surface area contributed by atoms with E-state index >= 15 is 0 Å². The molecular formula is C18H15FO2. The Morgan fingerprint density at radius 3 is 2.62 bits per heavy atom. The average Bonchev–Trinajstić information content (AvgIpc) is 2.92. The SMILES string of the molecule is CCC(C(=O)c1cc2cc(F)ccc2o1)c1ccccc1. The number of carbonyl (C=O) groups is 1. The molecule has 0 amide bonds. The molecule has 0 aliphatic carbocycles. The van der Waals surface area contributed by atoms with Gasteiger partial charge in [0.25, 0.3) is 0 Å². The van der Waals surface area contributed by atoms with E-state index in [1.54, 1.807) is 12.1 Å². The Labute approximate surface area is 122 Å². The summed E-state index contributed by atoms with van der Waals surface area (Å²) in [4.78, 5) is 12.6. The fourth-order valence-electron chi connectivity index (χ4n) is 2.57. The number of benzene rings is 2. The molecule has 1 aromatic heterocycles. The monoisotopic (exact) mass is 282 g/mol. The normalized spacial score (nSPS) is 12.5. The van der Waals surface area contributed by atoms with Crippen molar-refractivity contribution in [2.24, 2.45) is 0 Å². The van der Waals surface area contributed by atoms with Crippen molar-refractivity contribution < 1.29 is 13.6 Å². The van der Waals surface area contributed by atoms with Gasteiger partial charge in [0.05, 0.1) is 5.92 Å². The first-order chi connectivity index (χ1) is 10.2. The molecule has 3 aromatic rings. The van der Waals surface area contributed by atoms with Gasteiger partial charge in [-0.25, -0.2) is 4.39 Å². The largest absolute Gasteiger partial charge is 0.453 e. The fraction of sp³-hybridized carbons (Fsp3) is 0.167. The third-order valence-corrected chi connectivity index (χ3v) is 3.65. The van der Waals surface area contributed by atoms with Crippen LogP contribution in [-0.2, 0) is 0 Å². The molecule has 0 N–H and O–H groups in total. The van der Waals surface area contributed by atoms with Crippen molar-refractivity contribution in [2.45, 2.75) is 19.3 Å². The summed E-state index contributed by atoms with van der Waals surface area (Å²) in [6.07, 6.45) is 0.689. The van der Waals surface area contributed by atoms with Crippen molar-refractivity contribution in [1.29, 1.82) is 0 Å². The van der Waals surface area contributed by atoms with E-state index < -0.39 is 0 Å². The summed E-state index contributed by atoms with van der Waals surface area (Å²) in [7, 11) is 0. The number of rotatable bonds is 4. The molecule has 0 bridgehead atoms. The Hall–Kier alpha value is -2.42. The van der Waals surface area contributed by atoms with Crippen molar-refractivity contribution in [3.8, 4) is 0 Å². The molecule has 0 fully saturated rings. The summed E-state index contributed by atoms with van der Waals surface area (Å²) in [5.41, 5.74) is 1.50. The third-order valence-electron chi connectivity index (χ3n) is 3.65. The first-order valence-electron chi connectivity index (χ1n) is 6.97. The van der Waals surface area contributed by atoms with Crippen molar-refractivity contribution >= 4 is 16.8 Å². The van der Waals surface area contributed by atoms with E-state index in [1.807, 2.05) is 37.3 Å². The highest BCUT2D eigenvalue weighted by molar-refractivity contribution is 6.01. The minimum atomic E-state index is -0.336. The standard InChI is InChI=1S/C18H15FO2/c1-2-15(12-6-4-3-5-7-12)18(20)17-11-13-10-14(19)8-9-16(13)21-17/h3-11,15H,2H2,1H3. The Morgan fingerprint density at radius 1 is 1.14 bits per heavy atom. The molecule has 2 nitrogen and oxygen atoms in total. The second-order valence-electron chi connectivity index (χ2n) is 5.03. The number of carbonyl (C=O) groups excluding carboxylic acids is 1. The van der Waals surface area contributed by atoms with Crippen LogP contribution in [0.3, 0.4) is 0 Å². The first-order valence-corrected chi connectivity index (χ1v) is 6.97. The van der Waals surface area contributed by atoms with Gasteiger partial charge in [-0.15, -0.1) is 0 Å². The summed E-state index contributed by atoms with van der Waals surface area (Å²) < 4.78 is 18.8. The third kappa shape index (κ3) is 2.59. The highest BCUT2D eigenvalue weighted by atomic mass is 19.1. The van der Waals surface area contributed by atoms with Gasteiger partial charge in [0.2, 0.25) is 5.78 Å². The zero-order valence-corrected chi connectivity index (χ0v) is 11.7. The molecule has 1 unspecified atom stereocenters. The van der Waals surface area contributed by atoms with E-state index in [0.29, 0.717) is 17.4 Å². The van der Waals surface area contributed by atoms with Gasteiger partial charge < -0.3 is 4.42 Å². The highest BCUT2D eigenvalue weighted by Gasteiger charge is 2.23. The van der Waals surface area contributed by atoms with Crippen molar-refractivity contribution in [3.63, 3.8) is 0 Å². The van der Waals surface area contributed by atoms with Gasteiger partial charge in [-0.2, -0.15) is 0 Å². The van der Waals surface area contributed by atoms with Crippen LogP contribution in [-0.4, -0.2) is 5.78 Å². The number of hydrogen-bond acceptors (Lipinski definition) is 2. The van der Waals surface area contributed by atoms with Gasteiger partial charge in [-0.1, -0.05) is 37.3 Å². The maximum absolute atomic E-state index is 13.2. The van der Waals surface area contributed by atoms with Crippen LogP contribution in [0.2, 0.25) is 0 Å². The van der Waals surface area contributed by atoms with E-state index in [2.05, 4.69) is 0 Å². The molecule has 0 saturated heterocycles. The molecule has 3 heteroatoms. The molecule has 106 valence electrons. The lowest BCUT2D eigenvalue weighted by Crippen LogP contribution is -2.11. The highest BCUT2D eigenvalue weighted by Crippen LogP contribution is 2.28. The van der Waals surface area contributed by atoms with Gasteiger partial charge in [0.1, 0.15) is 11.4 Å². The zero-order chi connectivity index (χ0) is 14.8. The molecule has 3 rings (SSSR count). The Kier molecular flexibility index (Phi) is 3.57. The van der Waals surface area contributed by atoms with Crippen LogP contribution < -0.4 is 0 Å². The summed E-state index contributed by atoms with van der Waals surface area (Å²) >= 11 is 0. The molecule has 0 aliphatic heterocycles. The van der Waals surface area contributed by atoms with Crippen molar-refractivity contribution in [3.05, 3.63) is 71.7 Å². The Balaban J connectivity index is 1.98. The second kappa shape index (κ2) is 5.52. The fourth-order valence-corrected chi connectivity index (χ4v) is 2.57. The predicted molar refractivity (Wildman–Crippen MR) is 80.0 cm³/mol. The zero-order valence-electron chi connectivity index (χ0n) is 11.7. The van der Waals surface area contributed by atoms with Crippen LogP contribution >= 0.6 is 0 Å². The van der Waals surface area contributed by atoms with Crippen molar-refractivity contribution in [1.82, 2.24) is 0 Å². The average molecular weight is 282 g/mol. The van der Waals surface area contributed by atoms with Crippen LogP contribution in [0.1, 0.15) is 35.4 Å². The van der Waals surface area contributed by atoms with Gasteiger partial charge in [0, 0.05) is 5.39 Å². The summed E-state index contributed by atoms with van der Waals surface area (Å²) in [5.74, 6) is -0.361. The smallest absolute Gasteiger partial charge is 0.205 e. The van der Waals surface area contributed by atoms with E-state index in [-0.39, 0.29) is 23.3 Å². The van der Waals surface area contributed by atoms with E-state index in [4.69, 9.17) is 4.42 Å². The lowest BCUT2D eigenvalue weighted by Gasteiger charge is -2.12. The number of furan rings is 1. The maximum atomic E-state index is 13.2. The van der Waals surface area contributed by atoms with E-state index in [0.717, 1.165) is 5.56 Å². The van der Waals surface area contributed by atoms with Gasteiger partial charge in [-0.3, -0.25) is 4.79 Å². The number of ketones is 1. The molecule has 21 heavy (non-hydrogen) atoms. The molecular weight excluding hydrogens is 267 g/mol. The molecule has 0 saturated carbocycles. The van der Waals surface area contributed by atoms with Crippen molar-refractivity contribution in [2.75, 3.05) is 0 Å². The molecule has 1 heterocycles. The lowest BCUT2D eigenvalue weighted by molar-refractivity contribution is 0.0932.